The van der Waals surface area contributed by atoms with Gasteiger partial charge < -0.3 is 10.0 Å². The fourth-order valence-corrected chi connectivity index (χ4v) is 3.66. The van der Waals surface area contributed by atoms with Gasteiger partial charge in [0.05, 0.1) is 12.1 Å². The average molecular weight is 316 g/mol. The van der Waals surface area contributed by atoms with E-state index >= 15 is 0 Å². The quantitative estimate of drug-likeness (QED) is 0.929. The third-order valence-corrected chi connectivity index (χ3v) is 4.29. The Bertz CT molecular complexity index is 439. The lowest BCUT2D eigenvalue weighted by Gasteiger charge is -2.34. The lowest BCUT2D eigenvalue weighted by atomic mass is 10.2. The van der Waals surface area contributed by atoms with Crippen LogP contribution < -0.4 is 4.90 Å². The summed E-state index contributed by atoms with van der Waals surface area (Å²) in [5, 5.41) is 9.25. The first-order valence-corrected chi connectivity index (χ1v) is 7.16. The second kappa shape index (κ2) is 5.31. The Kier molecular flexibility index (Phi) is 3.99. The van der Waals surface area contributed by atoms with Crippen molar-refractivity contribution in [3.05, 3.63) is 22.7 Å². The van der Waals surface area contributed by atoms with Crippen LogP contribution in [0.15, 0.2) is 27.6 Å². The van der Waals surface area contributed by atoms with Crippen molar-refractivity contribution < 1.29 is 9.90 Å². The van der Waals surface area contributed by atoms with Gasteiger partial charge >= 0.3 is 5.97 Å². The second-order valence-electron chi connectivity index (χ2n) is 4.13. The number of rotatable bonds is 3. The summed E-state index contributed by atoms with van der Waals surface area (Å²) in [4.78, 5) is 14.0. The minimum Gasteiger partial charge on any atom is -0.481 e. The normalized spacial score (nSPS) is 18.9. The van der Waals surface area contributed by atoms with Gasteiger partial charge in [-0.25, -0.2) is 0 Å². The van der Waals surface area contributed by atoms with E-state index in [4.69, 9.17) is 5.11 Å². The van der Waals surface area contributed by atoms with Gasteiger partial charge in [0.25, 0.3) is 0 Å². The molecular formula is C12H14BrNO2S. The van der Waals surface area contributed by atoms with Crippen molar-refractivity contribution in [2.24, 2.45) is 0 Å². The van der Waals surface area contributed by atoms with Crippen LogP contribution in [0, 0.1) is 0 Å². The Balaban J connectivity index is 2.21. The molecule has 1 aromatic carbocycles. The van der Waals surface area contributed by atoms with Gasteiger partial charge in [-0.15, -0.1) is 11.8 Å². The van der Waals surface area contributed by atoms with Crippen molar-refractivity contribution >= 4 is 39.3 Å². The molecule has 92 valence electrons. The summed E-state index contributed by atoms with van der Waals surface area (Å²) < 4.78 is 1.07. The van der Waals surface area contributed by atoms with E-state index in [1.54, 1.807) is 0 Å². The number of carbonyl (C=O) groups is 1. The van der Waals surface area contributed by atoms with Crippen LogP contribution in [0.4, 0.5) is 5.69 Å². The summed E-state index contributed by atoms with van der Waals surface area (Å²) >= 11 is 5.31. The number of thioether (sulfide) groups is 1. The fraction of sp³-hybridized carbons (Fsp3) is 0.417. The molecule has 0 amide bonds. The molecule has 0 fully saturated rings. The molecule has 1 aliphatic heterocycles. The van der Waals surface area contributed by atoms with Crippen molar-refractivity contribution in [3.8, 4) is 0 Å². The Labute approximate surface area is 113 Å². The maximum atomic E-state index is 10.7. The van der Waals surface area contributed by atoms with Crippen LogP contribution in [-0.4, -0.2) is 29.4 Å². The van der Waals surface area contributed by atoms with Crippen LogP contribution in [0.1, 0.15) is 13.3 Å². The maximum absolute atomic E-state index is 10.7. The highest BCUT2D eigenvalue weighted by molar-refractivity contribution is 9.10. The van der Waals surface area contributed by atoms with Crippen LogP contribution in [0.2, 0.25) is 0 Å². The smallest absolute Gasteiger partial charge is 0.305 e. The Hall–Kier alpha value is -0.680. The molecule has 0 saturated heterocycles. The van der Waals surface area contributed by atoms with Gasteiger partial charge in [0.2, 0.25) is 0 Å². The number of aliphatic carboxylic acids is 1. The zero-order valence-electron chi connectivity index (χ0n) is 9.52. The average Bonchev–Trinajstić information content (AvgIpc) is 2.24. The molecule has 0 aliphatic carbocycles. The summed E-state index contributed by atoms with van der Waals surface area (Å²) in [5.74, 6) is -0.741. The number of hydrogen-bond donors (Lipinski definition) is 1. The van der Waals surface area contributed by atoms with E-state index in [9.17, 15) is 4.79 Å². The Morgan fingerprint density at radius 1 is 1.65 bits per heavy atom. The molecule has 0 saturated carbocycles. The highest BCUT2D eigenvalue weighted by atomic mass is 79.9. The fourth-order valence-electron chi connectivity index (χ4n) is 1.95. The minimum atomic E-state index is -0.741. The molecule has 5 heteroatoms. The minimum absolute atomic E-state index is 0.187. The highest BCUT2D eigenvalue weighted by Crippen LogP contribution is 2.39. The van der Waals surface area contributed by atoms with Crippen molar-refractivity contribution in [2.45, 2.75) is 23.5 Å². The number of hydrogen-bond acceptors (Lipinski definition) is 3. The molecule has 1 aromatic rings. The molecule has 3 nitrogen and oxygen atoms in total. The van der Waals surface area contributed by atoms with Gasteiger partial charge in [0.1, 0.15) is 0 Å². The summed E-state index contributed by atoms with van der Waals surface area (Å²) in [6.45, 7) is 3.66. The molecule has 2 rings (SSSR count). The number of carboxylic acids is 1. The largest absolute Gasteiger partial charge is 0.481 e. The molecule has 1 atom stereocenters. The van der Waals surface area contributed by atoms with Crippen LogP contribution in [0.5, 0.6) is 0 Å². The van der Waals surface area contributed by atoms with Crippen molar-refractivity contribution in [2.75, 3.05) is 18.0 Å². The van der Waals surface area contributed by atoms with E-state index in [0.717, 1.165) is 16.7 Å². The molecule has 1 unspecified atom stereocenters. The summed E-state index contributed by atoms with van der Waals surface area (Å²) in [6, 6.07) is 6.16. The number of halogens is 1. The van der Waals surface area contributed by atoms with Gasteiger partial charge in [-0.3, -0.25) is 4.79 Å². The van der Waals surface area contributed by atoms with Crippen LogP contribution in [-0.2, 0) is 4.79 Å². The van der Waals surface area contributed by atoms with E-state index < -0.39 is 5.97 Å². The number of nitrogens with zero attached hydrogens (tertiary/aromatic N) is 1. The molecule has 0 radical (unpaired) electrons. The first-order valence-electron chi connectivity index (χ1n) is 5.49. The molecule has 1 aliphatic rings. The van der Waals surface area contributed by atoms with Crippen LogP contribution >= 0.6 is 27.7 Å². The van der Waals surface area contributed by atoms with Crippen LogP contribution in [0.3, 0.4) is 0 Å². The topological polar surface area (TPSA) is 40.5 Å². The van der Waals surface area contributed by atoms with Gasteiger partial charge in [-0.05, 0) is 18.2 Å². The maximum Gasteiger partial charge on any atom is 0.305 e. The number of anilines is 1. The Morgan fingerprint density at radius 2 is 2.41 bits per heavy atom. The first-order chi connectivity index (χ1) is 8.06. The van der Waals surface area contributed by atoms with E-state index in [1.807, 2.05) is 17.8 Å². The monoisotopic (exact) mass is 315 g/mol. The molecular weight excluding hydrogens is 302 g/mol. The summed E-state index contributed by atoms with van der Waals surface area (Å²) in [6.07, 6.45) is 0.187. The summed E-state index contributed by atoms with van der Waals surface area (Å²) in [7, 11) is 0. The lowest BCUT2D eigenvalue weighted by Crippen LogP contribution is -2.34. The molecule has 0 spiro atoms. The van der Waals surface area contributed by atoms with Gasteiger partial charge in [-0.2, -0.15) is 0 Å². The lowest BCUT2D eigenvalue weighted by molar-refractivity contribution is -0.136. The van der Waals surface area contributed by atoms with E-state index in [-0.39, 0.29) is 6.42 Å². The summed E-state index contributed by atoms with van der Waals surface area (Å²) in [5.41, 5.74) is 1.15. The third-order valence-electron chi connectivity index (χ3n) is 2.66. The molecule has 17 heavy (non-hydrogen) atoms. The molecule has 0 bridgehead atoms. The zero-order chi connectivity index (χ0) is 12.4. The van der Waals surface area contributed by atoms with E-state index in [1.165, 1.54) is 4.90 Å². The molecule has 1 heterocycles. The molecule has 0 aromatic heterocycles. The van der Waals surface area contributed by atoms with Crippen molar-refractivity contribution in [1.29, 1.82) is 0 Å². The predicted molar refractivity (Wildman–Crippen MR) is 73.9 cm³/mol. The zero-order valence-corrected chi connectivity index (χ0v) is 11.9. The second-order valence-corrected chi connectivity index (χ2v) is 6.53. The number of fused-ring (bicyclic) bond motifs is 1. The van der Waals surface area contributed by atoms with E-state index in [2.05, 4.69) is 39.9 Å². The SMILES string of the molecule is CC1CN(CCC(=O)O)c2ccc(Br)cc2S1. The van der Waals surface area contributed by atoms with Gasteiger partial charge in [0, 0.05) is 27.7 Å². The first kappa shape index (κ1) is 12.8. The highest BCUT2D eigenvalue weighted by Gasteiger charge is 2.22. The van der Waals surface area contributed by atoms with Crippen molar-refractivity contribution in [3.63, 3.8) is 0 Å². The number of benzene rings is 1. The predicted octanol–water partition coefficient (Wildman–Crippen LogP) is 3.22. The Morgan fingerprint density at radius 3 is 3.12 bits per heavy atom. The van der Waals surface area contributed by atoms with Crippen LogP contribution in [0.25, 0.3) is 0 Å². The van der Waals surface area contributed by atoms with E-state index in [0.29, 0.717) is 11.8 Å². The standard InChI is InChI=1S/C12H14BrNO2S/c1-8-7-14(5-4-12(15)16)10-3-2-9(13)6-11(10)17-8/h2-3,6,8H,4-5,7H2,1H3,(H,15,16). The molecule has 1 N–H and O–H groups in total. The van der Waals surface area contributed by atoms with Crippen molar-refractivity contribution in [1.82, 2.24) is 0 Å². The number of carboxylic acid groups (broad SMARTS) is 1. The van der Waals surface area contributed by atoms with Gasteiger partial charge in [-0.1, -0.05) is 22.9 Å². The van der Waals surface area contributed by atoms with Gasteiger partial charge in [0.15, 0.2) is 0 Å². The third kappa shape index (κ3) is 3.16.